The molecular weight excluding hydrogens is 314 g/mol. The Bertz CT molecular complexity index is 760. The molecule has 0 aliphatic heterocycles. The number of carbonyl (C=O) groups is 1. The van der Waals surface area contributed by atoms with Gasteiger partial charge in [0.2, 0.25) is 0 Å². The predicted molar refractivity (Wildman–Crippen MR) is 91.9 cm³/mol. The van der Waals surface area contributed by atoms with E-state index in [4.69, 9.17) is 0 Å². The minimum Gasteiger partial charge on any atom is -0.515 e. The number of aliphatic hydroxyl groups is 1. The van der Waals surface area contributed by atoms with Crippen LogP contribution in [0, 0.1) is 5.41 Å². The van der Waals surface area contributed by atoms with Crippen molar-refractivity contribution in [2.45, 2.75) is 24.5 Å². The highest BCUT2D eigenvalue weighted by atomic mass is 32.2. The number of nitrogens with zero attached hydrogens (tertiary/aromatic N) is 1. The van der Waals surface area contributed by atoms with E-state index in [1.807, 2.05) is 38.4 Å². The molecule has 114 valence electrons. The van der Waals surface area contributed by atoms with Crippen molar-refractivity contribution < 1.29 is 9.90 Å². The van der Waals surface area contributed by atoms with Gasteiger partial charge in [-0.3, -0.25) is 9.78 Å². The van der Waals surface area contributed by atoms with Crippen LogP contribution >= 0.6 is 23.1 Å². The van der Waals surface area contributed by atoms with Crippen molar-refractivity contribution in [1.29, 1.82) is 0 Å². The number of Topliss-reactive ketones (excluding diaryl/α,β-unsaturated/α-hetero) is 1. The van der Waals surface area contributed by atoms with Crippen molar-refractivity contribution in [2.75, 3.05) is 6.26 Å². The fourth-order valence-electron chi connectivity index (χ4n) is 2.93. The molecule has 0 radical (unpaired) electrons. The molecule has 2 heterocycles. The van der Waals surface area contributed by atoms with Gasteiger partial charge in [-0.15, -0.1) is 23.1 Å². The van der Waals surface area contributed by atoms with Crippen molar-refractivity contribution in [3.05, 3.63) is 47.5 Å². The number of thiophene rings is 1. The Morgan fingerprint density at radius 1 is 1.45 bits per heavy atom. The number of hydrogen-bond donors (Lipinski definition) is 1. The number of carbonyl (C=O) groups excluding carboxylic acids is 1. The van der Waals surface area contributed by atoms with Crippen molar-refractivity contribution >= 4 is 28.9 Å². The highest BCUT2D eigenvalue weighted by Crippen LogP contribution is 2.49. The van der Waals surface area contributed by atoms with Crippen LogP contribution < -0.4 is 0 Å². The largest absolute Gasteiger partial charge is 0.515 e. The third-order valence-corrected chi connectivity index (χ3v) is 6.43. The van der Waals surface area contributed by atoms with Gasteiger partial charge in [0.15, 0.2) is 5.78 Å². The summed E-state index contributed by atoms with van der Waals surface area (Å²) in [5, 5.41) is 9.51. The fraction of sp³-hybridized carbons (Fsp3) is 0.294. The average Bonchev–Trinajstić information content (AvgIpc) is 2.86. The van der Waals surface area contributed by atoms with Gasteiger partial charge in [0.05, 0.1) is 16.0 Å². The Morgan fingerprint density at radius 2 is 2.23 bits per heavy atom. The summed E-state index contributed by atoms with van der Waals surface area (Å²) in [6, 6.07) is 3.94. The highest BCUT2D eigenvalue weighted by molar-refractivity contribution is 8.00. The monoisotopic (exact) mass is 331 g/mol. The smallest absolute Gasteiger partial charge is 0.194 e. The van der Waals surface area contributed by atoms with Gasteiger partial charge >= 0.3 is 0 Å². The van der Waals surface area contributed by atoms with E-state index in [2.05, 4.69) is 4.98 Å². The Morgan fingerprint density at radius 3 is 2.82 bits per heavy atom. The molecule has 2 aromatic heterocycles. The number of pyridine rings is 1. The Balaban J connectivity index is 2.26. The molecule has 0 bridgehead atoms. The summed E-state index contributed by atoms with van der Waals surface area (Å²) in [6.45, 7) is 4.00. The second kappa shape index (κ2) is 5.56. The number of thioether (sulfide) groups is 1. The predicted octanol–water partition coefficient (Wildman–Crippen LogP) is 4.74. The van der Waals surface area contributed by atoms with Gasteiger partial charge < -0.3 is 5.11 Å². The summed E-state index contributed by atoms with van der Waals surface area (Å²) in [5.41, 5.74) is 3.01. The molecule has 0 unspecified atom stereocenters. The number of fused-ring (bicyclic) bond motifs is 1. The second-order valence-corrected chi connectivity index (χ2v) is 8.05. The molecule has 3 rings (SSSR count). The van der Waals surface area contributed by atoms with Crippen LogP contribution in [0.15, 0.2) is 40.6 Å². The van der Waals surface area contributed by atoms with E-state index in [9.17, 15) is 9.90 Å². The van der Waals surface area contributed by atoms with Crippen LogP contribution in [-0.4, -0.2) is 22.1 Å². The van der Waals surface area contributed by atoms with E-state index in [0.717, 1.165) is 38.5 Å². The van der Waals surface area contributed by atoms with Crippen LogP contribution in [0.3, 0.4) is 0 Å². The van der Waals surface area contributed by atoms with Gasteiger partial charge in [-0.25, -0.2) is 0 Å². The van der Waals surface area contributed by atoms with Crippen molar-refractivity contribution in [3.8, 4) is 10.4 Å². The lowest BCUT2D eigenvalue weighted by Gasteiger charge is -2.31. The highest BCUT2D eigenvalue weighted by Gasteiger charge is 2.40. The summed E-state index contributed by atoms with van der Waals surface area (Å²) in [4.78, 5) is 18.1. The molecule has 1 N–H and O–H groups in total. The third-order valence-electron chi connectivity index (χ3n) is 4.03. The number of allylic oxidation sites excluding steroid dienone is 1. The normalized spacial score (nSPS) is 18.5. The second-order valence-electron chi connectivity index (χ2n) is 5.95. The van der Waals surface area contributed by atoms with E-state index in [0.29, 0.717) is 5.57 Å². The molecule has 1 aliphatic carbocycles. The molecule has 1 aliphatic rings. The minimum absolute atomic E-state index is 0.0514. The molecule has 5 heteroatoms. The summed E-state index contributed by atoms with van der Waals surface area (Å²) in [5.74, 6) is -0.0514. The summed E-state index contributed by atoms with van der Waals surface area (Å²) in [7, 11) is 0. The third kappa shape index (κ3) is 2.29. The summed E-state index contributed by atoms with van der Waals surface area (Å²) in [6.07, 6.45) is 7.29. The van der Waals surface area contributed by atoms with Gasteiger partial charge in [0.1, 0.15) is 0 Å². The molecule has 0 aromatic carbocycles. The van der Waals surface area contributed by atoms with E-state index in [1.54, 1.807) is 29.3 Å². The lowest BCUT2D eigenvalue weighted by Crippen LogP contribution is -2.30. The maximum atomic E-state index is 12.8. The van der Waals surface area contributed by atoms with Crippen molar-refractivity contribution in [1.82, 2.24) is 4.98 Å². The Kier molecular flexibility index (Phi) is 3.87. The van der Waals surface area contributed by atoms with Crippen LogP contribution in [-0.2, 0) is 6.42 Å². The van der Waals surface area contributed by atoms with E-state index >= 15 is 0 Å². The van der Waals surface area contributed by atoms with E-state index in [-0.39, 0.29) is 11.2 Å². The van der Waals surface area contributed by atoms with E-state index < -0.39 is 0 Å². The fourth-order valence-corrected chi connectivity index (χ4v) is 4.97. The molecule has 2 aromatic rings. The molecule has 0 saturated carbocycles. The van der Waals surface area contributed by atoms with Crippen LogP contribution in [0.2, 0.25) is 0 Å². The average molecular weight is 331 g/mol. The van der Waals surface area contributed by atoms with Crippen molar-refractivity contribution in [2.24, 2.45) is 5.41 Å². The van der Waals surface area contributed by atoms with Gasteiger partial charge in [-0.2, -0.15) is 0 Å². The van der Waals surface area contributed by atoms with Gasteiger partial charge in [-0.1, -0.05) is 19.9 Å². The van der Waals surface area contributed by atoms with Gasteiger partial charge in [-0.05, 0) is 24.3 Å². The number of aliphatic hydroxyl groups excluding tert-OH is 1. The minimum atomic E-state index is -0.369. The lowest BCUT2D eigenvalue weighted by molar-refractivity contribution is 0.0988. The lowest BCUT2D eigenvalue weighted by atomic mass is 9.70. The number of rotatable bonds is 2. The number of hydrogen-bond acceptors (Lipinski definition) is 5. The maximum Gasteiger partial charge on any atom is 0.194 e. The molecule has 0 spiro atoms. The van der Waals surface area contributed by atoms with Gasteiger partial charge in [0.25, 0.3) is 0 Å². The van der Waals surface area contributed by atoms with Crippen LogP contribution in [0.4, 0.5) is 0 Å². The van der Waals surface area contributed by atoms with Crippen molar-refractivity contribution in [3.63, 3.8) is 0 Å². The first kappa shape index (κ1) is 15.3. The first-order valence-electron chi connectivity index (χ1n) is 6.99. The standard InChI is InChI=1S/C17H17NO2S2/c1-17(2)7-11-13(14(20)12(17)9-19)16(21-3)22-15(11)10-5-4-6-18-8-10/h4-6,8-9,19H,7H2,1-3H3. The number of aromatic nitrogens is 1. The number of ketones is 1. The maximum absolute atomic E-state index is 12.8. The molecule has 0 fully saturated rings. The molecule has 0 amide bonds. The zero-order chi connectivity index (χ0) is 15.9. The van der Waals surface area contributed by atoms with Crippen LogP contribution in [0.1, 0.15) is 29.8 Å². The molecule has 3 nitrogen and oxygen atoms in total. The summed E-state index contributed by atoms with van der Waals surface area (Å²) < 4.78 is 1.01. The quantitative estimate of drug-likeness (QED) is 0.490. The first-order valence-corrected chi connectivity index (χ1v) is 9.03. The summed E-state index contributed by atoms with van der Waals surface area (Å²) >= 11 is 3.22. The van der Waals surface area contributed by atoms with Gasteiger partial charge in [0, 0.05) is 33.8 Å². The topological polar surface area (TPSA) is 50.2 Å². The zero-order valence-electron chi connectivity index (χ0n) is 12.7. The molecule has 0 saturated heterocycles. The Hall–Kier alpha value is -1.59. The molecular formula is C17H17NO2S2. The SMILES string of the molecule is CSc1sc(-c2cccnc2)c2c1C(=O)C(=CO)C(C)(C)C2. The van der Waals surface area contributed by atoms with Crippen LogP contribution in [0.25, 0.3) is 10.4 Å². The van der Waals surface area contributed by atoms with Crippen LogP contribution in [0.5, 0.6) is 0 Å². The zero-order valence-corrected chi connectivity index (χ0v) is 14.3. The van der Waals surface area contributed by atoms with E-state index in [1.165, 1.54) is 0 Å². The molecule has 22 heavy (non-hydrogen) atoms. The Labute approximate surface area is 138 Å². The molecule has 0 atom stereocenters. The first-order chi connectivity index (χ1) is 10.5.